The third kappa shape index (κ3) is 18.4. The van der Waals surface area contributed by atoms with E-state index in [9.17, 15) is 10.2 Å². The van der Waals surface area contributed by atoms with Crippen LogP contribution in [-0.2, 0) is 34.0 Å². The van der Waals surface area contributed by atoms with Crippen LogP contribution in [0.15, 0.2) is 0 Å². The first-order valence-corrected chi connectivity index (χ1v) is 21.7. The van der Waals surface area contributed by atoms with Crippen LogP contribution in [0.1, 0.15) is 33.6 Å². The van der Waals surface area contributed by atoms with Gasteiger partial charge in [-0.2, -0.15) is 12.6 Å². The number of rotatable bonds is 22. The lowest BCUT2D eigenvalue weighted by Crippen LogP contribution is -2.44. The van der Waals surface area contributed by atoms with Gasteiger partial charge in [0.15, 0.2) is 0 Å². The van der Waals surface area contributed by atoms with E-state index in [4.69, 9.17) is 34.0 Å². The predicted octanol–water partition coefficient (Wildman–Crippen LogP) is 4.47. The Bertz CT molecular complexity index is 575. The average molecular weight is 579 g/mol. The molecule has 0 aliphatic heterocycles. The van der Waals surface area contributed by atoms with Crippen molar-refractivity contribution in [3.63, 3.8) is 0 Å². The van der Waals surface area contributed by atoms with E-state index in [0.717, 1.165) is 30.7 Å². The van der Waals surface area contributed by atoms with Gasteiger partial charge >= 0.3 is 17.1 Å². The fourth-order valence-corrected chi connectivity index (χ4v) is 9.02. The van der Waals surface area contributed by atoms with Gasteiger partial charge in [-0.1, -0.05) is 32.6 Å². The summed E-state index contributed by atoms with van der Waals surface area (Å²) in [4.78, 5) is 0. The molecule has 0 aliphatic rings. The van der Waals surface area contributed by atoms with Gasteiger partial charge in [-0.3, -0.25) is 0 Å². The van der Waals surface area contributed by atoms with Crippen LogP contribution >= 0.6 is 18.9 Å². The van der Waals surface area contributed by atoms with Crippen LogP contribution in [0, 0.1) is 17.8 Å². The molecule has 2 N–H and O–H groups in total. The van der Waals surface area contributed by atoms with Gasteiger partial charge in [0.2, 0.25) is 0 Å². The first kappa shape index (κ1) is 35.2. The van der Waals surface area contributed by atoms with E-state index < -0.39 is 23.4 Å². The Labute approximate surface area is 221 Å². The zero-order valence-electron chi connectivity index (χ0n) is 22.5. The fourth-order valence-electron chi connectivity index (χ4n) is 2.88. The second-order valence-corrected chi connectivity index (χ2v) is 22.7. The lowest BCUT2D eigenvalue weighted by atomic mass is 10.2. The summed E-state index contributed by atoms with van der Waals surface area (Å²) in [6.07, 6.45) is 0.111. The van der Waals surface area contributed by atoms with Crippen molar-refractivity contribution in [3.05, 3.63) is 0 Å². The second kappa shape index (κ2) is 18.4. The summed E-state index contributed by atoms with van der Waals surface area (Å²) in [5.74, 6) is 1.14. The van der Waals surface area contributed by atoms with Crippen molar-refractivity contribution in [3.8, 4) is 0 Å². The molecule has 0 aliphatic carbocycles. The van der Waals surface area contributed by atoms with Crippen molar-refractivity contribution in [1.29, 1.82) is 0 Å². The minimum atomic E-state index is -2.44. The Kier molecular flexibility index (Phi) is 19.0. The molecule has 12 heteroatoms. The highest BCUT2D eigenvalue weighted by Crippen LogP contribution is 2.38. The maximum Gasteiger partial charge on any atom is 0.335 e. The Morgan fingerprint density at radius 3 is 1.50 bits per heavy atom. The molecule has 0 aromatic heterocycles. The molecular formula is C22H51O7PS2Si2. The number of aliphatic hydroxyl groups is 2. The third-order valence-electron chi connectivity index (χ3n) is 5.28. The highest BCUT2D eigenvalue weighted by molar-refractivity contribution is 8.11. The SMILES string of the molecule is CC(CO)CO[Si](C)(CCCOP(C)(C)=S)OCC(C)CO[Si@@](C)(CCCS)OCC(C)CO. The summed E-state index contributed by atoms with van der Waals surface area (Å²) >= 11 is 9.71. The summed E-state index contributed by atoms with van der Waals surface area (Å²) in [5, 5.41) is 18.7. The van der Waals surface area contributed by atoms with Gasteiger partial charge in [0, 0.05) is 57.4 Å². The van der Waals surface area contributed by atoms with Crippen molar-refractivity contribution >= 4 is 47.8 Å². The van der Waals surface area contributed by atoms with Crippen molar-refractivity contribution in [2.45, 2.75) is 58.8 Å². The number of aliphatic hydroxyl groups excluding tert-OH is 2. The molecule has 7 nitrogen and oxygen atoms in total. The summed E-state index contributed by atoms with van der Waals surface area (Å²) in [6.45, 7) is 17.1. The lowest BCUT2D eigenvalue weighted by Gasteiger charge is -2.32. The van der Waals surface area contributed by atoms with Crippen LogP contribution in [0.2, 0.25) is 25.2 Å². The summed E-state index contributed by atoms with van der Waals surface area (Å²) in [5.41, 5.74) is 0. The van der Waals surface area contributed by atoms with Crippen LogP contribution < -0.4 is 0 Å². The molecule has 5 atom stereocenters. The van der Waals surface area contributed by atoms with E-state index in [-0.39, 0.29) is 31.0 Å². The topological polar surface area (TPSA) is 86.6 Å². The predicted molar refractivity (Wildman–Crippen MR) is 153 cm³/mol. The van der Waals surface area contributed by atoms with Crippen LogP contribution in [0.5, 0.6) is 0 Å². The fraction of sp³-hybridized carbons (Fsp3) is 1.00. The summed E-state index contributed by atoms with van der Waals surface area (Å²) < 4.78 is 30.9. The molecular weight excluding hydrogens is 528 g/mol. The van der Waals surface area contributed by atoms with Gasteiger partial charge in [-0.15, -0.1) is 0 Å². The quantitative estimate of drug-likeness (QED) is 0.0751. The van der Waals surface area contributed by atoms with Gasteiger partial charge in [-0.25, -0.2) is 0 Å². The molecule has 0 aromatic rings. The first-order chi connectivity index (χ1) is 15.8. The normalized spacial score (nSPS) is 18.8. The van der Waals surface area contributed by atoms with Crippen molar-refractivity contribution in [2.75, 3.05) is 65.3 Å². The molecule has 0 bridgehead atoms. The van der Waals surface area contributed by atoms with Crippen LogP contribution in [0.4, 0.5) is 0 Å². The van der Waals surface area contributed by atoms with Gasteiger partial charge in [-0.05, 0) is 57.1 Å². The van der Waals surface area contributed by atoms with Crippen LogP contribution in [0.3, 0.4) is 0 Å². The largest absolute Gasteiger partial charge is 0.396 e. The van der Waals surface area contributed by atoms with E-state index in [1.165, 1.54) is 0 Å². The number of thiol groups is 1. The molecule has 0 radical (unpaired) electrons. The smallest absolute Gasteiger partial charge is 0.335 e. The highest BCUT2D eigenvalue weighted by atomic mass is 32.4. The molecule has 0 saturated heterocycles. The Morgan fingerprint density at radius 1 is 0.765 bits per heavy atom. The number of hydrogen-bond donors (Lipinski definition) is 3. The zero-order valence-corrected chi connectivity index (χ0v) is 27.1. The second-order valence-electron chi connectivity index (χ2n) is 10.2. The molecule has 0 fully saturated rings. The molecule has 4 unspecified atom stereocenters. The molecule has 0 rings (SSSR count). The highest BCUT2D eigenvalue weighted by Gasteiger charge is 2.34. The van der Waals surface area contributed by atoms with Gasteiger partial charge in [0.25, 0.3) is 0 Å². The van der Waals surface area contributed by atoms with Crippen molar-refractivity contribution in [2.24, 2.45) is 17.8 Å². The summed E-state index contributed by atoms with van der Waals surface area (Å²) in [7, 11) is -4.80. The maximum absolute atomic E-state index is 9.38. The Morgan fingerprint density at radius 2 is 1.15 bits per heavy atom. The minimum absolute atomic E-state index is 0.0712. The standard InChI is InChI=1S/C22H51O7PS2Si2/c1-20(14-23)16-26-33(6,12-8-10-25-30(4,5)32)28-18-22(3)19-29-34(7,13-9-11-31)27-17-21(2)15-24/h20-24,31H,8-19H2,1-7H3/t20?,21?,22?,33?,34-/m0/s1. The zero-order chi connectivity index (χ0) is 26.3. The minimum Gasteiger partial charge on any atom is -0.396 e. The number of hydrogen-bond acceptors (Lipinski definition) is 9. The van der Waals surface area contributed by atoms with Gasteiger partial charge in [0.1, 0.15) is 0 Å². The molecule has 0 heterocycles. The molecule has 0 amide bonds. The average Bonchev–Trinajstić information content (AvgIpc) is 2.79. The molecule has 0 aromatic carbocycles. The first-order valence-electron chi connectivity index (χ1n) is 12.4. The monoisotopic (exact) mass is 578 g/mol. The van der Waals surface area contributed by atoms with E-state index in [1.807, 2.05) is 27.2 Å². The van der Waals surface area contributed by atoms with E-state index in [2.05, 4.69) is 32.6 Å². The molecule has 34 heavy (non-hydrogen) atoms. The molecule has 0 saturated carbocycles. The van der Waals surface area contributed by atoms with Crippen LogP contribution in [-0.4, -0.2) is 92.7 Å². The Balaban J connectivity index is 4.85. The molecule has 0 spiro atoms. The van der Waals surface area contributed by atoms with Crippen LogP contribution in [0.25, 0.3) is 0 Å². The van der Waals surface area contributed by atoms with E-state index in [0.29, 0.717) is 33.0 Å². The van der Waals surface area contributed by atoms with Gasteiger partial charge in [0.05, 0.1) is 12.9 Å². The maximum atomic E-state index is 9.38. The van der Waals surface area contributed by atoms with E-state index in [1.54, 1.807) is 0 Å². The van der Waals surface area contributed by atoms with Crippen molar-refractivity contribution in [1.82, 2.24) is 0 Å². The third-order valence-corrected chi connectivity index (χ3v) is 12.4. The van der Waals surface area contributed by atoms with Gasteiger partial charge < -0.3 is 32.4 Å². The Hall–Kier alpha value is 1.15. The van der Waals surface area contributed by atoms with Crippen molar-refractivity contribution < 1.29 is 32.4 Å². The summed E-state index contributed by atoms with van der Waals surface area (Å²) in [6, 6.07) is 1.68. The molecule has 206 valence electrons. The van der Waals surface area contributed by atoms with E-state index >= 15 is 0 Å². The lowest BCUT2D eigenvalue weighted by molar-refractivity contribution is 0.0866.